The maximum absolute atomic E-state index is 6.18. The van der Waals surface area contributed by atoms with Crippen LogP contribution in [-0.2, 0) is 6.54 Å². The van der Waals surface area contributed by atoms with Gasteiger partial charge in [0.15, 0.2) is 0 Å². The van der Waals surface area contributed by atoms with Crippen LogP contribution >= 0.6 is 11.6 Å². The van der Waals surface area contributed by atoms with Gasteiger partial charge in [-0.3, -0.25) is 0 Å². The van der Waals surface area contributed by atoms with Crippen molar-refractivity contribution in [2.75, 3.05) is 0 Å². The second-order valence-corrected chi connectivity index (χ2v) is 4.64. The van der Waals surface area contributed by atoms with E-state index in [1.165, 1.54) is 0 Å². The molecule has 4 nitrogen and oxygen atoms in total. The zero-order valence-corrected chi connectivity index (χ0v) is 11.3. The maximum atomic E-state index is 6.18. The highest BCUT2D eigenvalue weighted by Gasteiger charge is 2.08. The van der Waals surface area contributed by atoms with Crippen molar-refractivity contribution in [2.45, 2.75) is 6.54 Å². The Bertz CT molecular complexity index is 761. The number of hydrogen-bond acceptors (Lipinski definition) is 4. The summed E-state index contributed by atoms with van der Waals surface area (Å²) in [5.74, 6) is 0.666. The zero-order valence-electron chi connectivity index (χ0n) is 10.6. The number of benzene rings is 2. The fraction of sp³-hybridized carbons (Fsp3) is 0.0667. The van der Waals surface area contributed by atoms with Crippen LogP contribution in [-0.4, -0.2) is 9.97 Å². The molecule has 5 heteroatoms. The molecule has 0 amide bonds. The van der Waals surface area contributed by atoms with Gasteiger partial charge in [-0.1, -0.05) is 35.9 Å². The third kappa shape index (κ3) is 2.43. The first kappa shape index (κ1) is 12.8. The lowest BCUT2D eigenvalue weighted by molar-refractivity contribution is 0.444. The van der Waals surface area contributed by atoms with Crippen molar-refractivity contribution in [1.29, 1.82) is 0 Å². The predicted octanol–water partition coefficient (Wildman–Crippen LogP) is 3.53. The highest BCUT2D eigenvalue weighted by Crippen LogP contribution is 2.33. The van der Waals surface area contributed by atoms with Gasteiger partial charge in [-0.2, -0.15) is 4.98 Å². The van der Waals surface area contributed by atoms with Crippen LogP contribution in [0.15, 0.2) is 48.7 Å². The normalized spacial score (nSPS) is 10.7. The van der Waals surface area contributed by atoms with Gasteiger partial charge in [-0.05, 0) is 18.2 Å². The monoisotopic (exact) mass is 285 g/mol. The molecule has 0 aliphatic rings. The van der Waals surface area contributed by atoms with E-state index < -0.39 is 0 Å². The van der Waals surface area contributed by atoms with E-state index in [0.717, 1.165) is 16.5 Å². The second kappa shape index (κ2) is 5.45. The molecule has 0 atom stereocenters. The molecule has 100 valence electrons. The van der Waals surface area contributed by atoms with Gasteiger partial charge in [0.2, 0.25) is 0 Å². The van der Waals surface area contributed by atoms with Gasteiger partial charge >= 0.3 is 6.01 Å². The molecule has 0 saturated carbocycles. The molecule has 0 saturated heterocycles. The molecule has 20 heavy (non-hydrogen) atoms. The van der Waals surface area contributed by atoms with Crippen molar-refractivity contribution in [2.24, 2.45) is 5.73 Å². The minimum absolute atomic E-state index is 0.278. The third-order valence-corrected chi connectivity index (χ3v) is 3.26. The van der Waals surface area contributed by atoms with Gasteiger partial charge in [0.1, 0.15) is 5.75 Å². The summed E-state index contributed by atoms with van der Waals surface area (Å²) in [6.07, 6.45) is 1.63. The van der Waals surface area contributed by atoms with E-state index in [0.29, 0.717) is 17.3 Å². The first-order chi connectivity index (χ1) is 9.78. The van der Waals surface area contributed by atoms with E-state index in [-0.39, 0.29) is 6.01 Å². The molecule has 0 fully saturated rings. The smallest absolute Gasteiger partial charge is 0.322 e. The Balaban J connectivity index is 2.04. The van der Waals surface area contributed by atoms with Gasteiger partial charge in [-0.25, -0.2) is 4.98 Å². The molecule has 2 aromatic carbocycles. The Kier molecular flexibility index (Phi) is 3.50. The van der Waals surface area contributed by atoms with E-state index >= 15 is 0 Å². The molecule has 3 aromatic rings. The number of aromatic nitrogens is 2. The molecular weight excluding hydrogens is 274 g/mol. The van der Waals surface area contributed by atoms with Crippen molar-refractivity contribution < 1.29 is 4.74 Å². The fourth-order valence-electron chi connectivity index (χ4n) is 1.96. The zero-order chi connectivity index (χ0) is 13.9. The molecular formula is C15H12ClN3O. The molecule has 2 N–H and O–H groups in total. The van der Waals surface area contributed by atoms with E-state index in [1.807, 2.05) is 30.3 Å². The lowest BCUT2D eigenvalue weighted by Crippen LogP contribution is -2.01. The minimum atomic E-state index is 0.278. The Morgan fingerprint density at radius 3 is 2.65 bits per heavy atom. The standard InChI is InChI=1S/C15H12ClN3O/c16-13-5-6-14(12-4-2-1-3-11(12)13)20-15-18-8-7-10(9-17)19-15/h1-8H,9,17H2. The molecule has 1 aromatic heterocycles. The van der Waals surface area contributed by atoms with Gasteiger partial charge in [0.05, 0.1) is 5.69 Å². The Labute approximate surface area is 121 Å². The summed E-state index contributed by atoms with van der Waals surface area (Å²) in [4.78, 5) is 8.31. The summed E-state index contributed by atoms with van der Waals surface area (Å²) in [5.41, 5.74) is 6.29. The maximum Gasteiger partial charge on any atom is 0.322 e. The van der Waals surface area contributed by atoms with E-state index in [4.69, 9.17) is 22.1 Å². The Morgan fingerprint density at radius 2 is 1.85 bits per heavy atom. The van der Waals surface area contributed by atoms with Crippen LogP contribution < -0.4 is 10.5 Å². The number of ether oxygens (including phenoxy) is 1. The number of rotatable bonds is 3. The Hall–Kier alpha value is -2.17. The lowest BCUT2D eigenvalue weighted by atomic mass is 10.1. The molecule has 0 spiro atoms. The van der Waals surface area contributed by atoms with Gasteiger partial charge in [0, 0.05) is 28.5 Å². The number of nitrogens with two attached hydrogens (primary N) is 1. The molecule has 0 bridgehead atoms. The number of halogens is 1. The Morgan fingerprint density at radius 1 is 1.05 bits per heavy atom. The van der Waals surface area contributed by atoms with Gasteiger partial charge in [-0.15, -0.1) is 0 Å². The first-order valence-electron chi connectivity index (χ1n) is 6.15. The third-order valence-electron chi connectivity index (χ3n) is 2.93. The topological polar surface area (TPSA) is 61.0 Å². The molecule has 0 aliphatic carbocycles. The molecule has 1 heterocycles. The number of nitrogens with zero attached hydrogens (tertiary/aromatic N) is 2. The molecule has 0 unspecified atom stereocenters. The summed E-state index contributed by atoms with van der Waals surface area (Å²) in [5, 5.41) is 2.54. The number of fused-ring (bicyclic) bond motifs is 1. The highest BCUT2D eigenvalue weighted by atomic mass is 35.5. The van der Waals surface area contributed by atoms with E-state index in [9.17, 15) is 0 Å². The van der Waals surface area contributed by atoms with Gasteiger partial charge in [0.25, 0.3) is 0 Å². The summed E-state index contributed by atoms with van der Waals surface area (Å²) in [6, 6.07) is 13.4. The van der Waals surface area contributed by atoms with Crippen LogP contribution in [0.2, 0.25) is 5.02 Å². The number of hydrogen-bond donors (Lipinski definition) is 1. The molecule has 3 rings (SSSR count). The minimum Gasteiger partial charge on any atom is -0.424 e. The predicted molar refractivity (Wildman–Crippen MR) is 79.0 cm³/mol. The molecule has 0 aliphatic heterocycles. The van der Waals surface area contributed by atoms with E-state index in [1.54, 1.807) is 18.3 Å². The lowest BCUT2D eigenvalue weighted by Gasteiger charge is -2.09. The fourth-order valence-corrected chi connectivity index (χ4v) is 2.19. The van der Waals surface area contributed by atoms with Crippen molar-refractivity contribution in [3.8, 4) is 11.8 Å². The van der Waals surface area contributed by atoms with Crippen LogP contribution in [0, 0.1) is 0 Å². The van der Waals surface area contributed by atoms with Crippen LogP contribution in [0.1, 0.15) is 5.69 Å². The van der Waals surface area contributed by atoms with Gasteiger partial charge < -0.3 is 10.5 Å². The summed E-state index contributed by atoms with van der Waals surface area (Å²) in [6.45, 7) is 0.347. The van der Waals surface area contributed by atoms with Crippen LogP contribution in [0.4, 0.5) is 0 Å². The van der Waals surface area contributed by atoms with Crippen LogP contribution in [0.5, 0.6) is 11.8 Å². The van der Waals surface area contributed by atoms with Crippen LogP contribution in [0.25, 0.3) is 10.8 Å². The van der Waals surface area contributed by atoms with Crippen molar-refractivity contribution in [1.82, 2.24) is 9.97 Å². The summed E-state index contributed by atoms with van der Waals surface area (Å²) < 4.78 is 5.75. The van der Waals surface area contributed by atoms with E-state index in [2.05, 4.69) is 9.97 Å². The van der Waals surface area contributed by atoms with Crippen molar-refractivity contribution in [3.63, 3.8) is 0 Å². The van der Waals surface area contributed by atoms with Crippen molar-refractivity contribution in [3.05, 3.63) is 59.4 Å². The summed E-state index contributed by atoms with van der Waals surface area (Å²) in [7, 11) is 0. The average Bonchev–Trinajstić information content (AvgIpc) is 2.51. The average molecular weight is 286 g/mol. The largest absolute Gasteiger partial charge is 0.424 e. The first-order valence-corrected chi connectivity index (χ1v) is 6.53. The quantitative estimate of drug-likeness (QED) is 0.799. The second-order valence-electron chi connectivity index (χ2n) is 4.23. The SMILES string of the molecule is NCc1ccnc(Oc2ccc(Cl)c3ccccc23)n1. The van der Waals surface area contributed by atoms with Crippen molar-refractivity contribution >= 4 is 22.4 Å². The van der Waals surface area contributed by atoms with Crippen LogP contribution in [0.3, 0.4) is 0 Å². The molecule has 0 radical (unpaired) electrons. The summed E-state index contributed by atoms with van der Waals surface area (Å²) >= 11 is 6.18. The highest BCUT2D eigenvalue weighted by molar-refractivity contribution is 6.35.